The molecule has 2 aromatic rings. The fourth-order valence-electron chi connectivity index (χ4n) is 1.85. The third-order valence-electron chi connectivity index (χ3n) is 2.99. The predicted molar refractivity (Wildman–Crippen MR) is 93.0 cm³/mol. The van der Waals surface area contributed by atoms with Crippen molar-refractivity contribution in [1.82, 2.24) is 5.32 Å². The summed E-state index contributed by atoms with van der Waals surface area (Å²) in [6.45, 7) is 2.30. The van der Waals surface area contributed by atoms with Gasteiger partial charge in [0.25, 0.3) is 5.91 Å². The van der Waals surface area contributed by atoms with Gasteiger partial charge in [0.05, 0.1) is 0 Å². The summed E-state index contributed by atoms with van der Waals surface area (Å²) >= 11 is 1.59. The van der Waals surface area contributed by atoms with Crippen molar-refractivity contribution in [3.8, 4) is 10.4 Å². The summed E-state index contributed by atoms with van der Waals surface area (Å²) in [5, 5.41) is 2.64. The normalized spacial score (nSPS) is 10.7. The van der Waals surface area contributed by atoms with Crippen LogP contribution >= 0.6 is 11.3 Å². The molecule has 0 bridgehead atoms. The minimum Gasteiger partial charge on any atom is -0.452 e. The van der Waals surface area contributed by atoms with E-state index in [-0.39, 0.29) is 12.5 Å². The molecule has 1 aromatic heterocycles. The largest absolute Gasteiger partial charge is 0.452 e. The van der Waals surface area contributed by atoms with Crippen LogP contribution in [0.3, 0.4) is 0 Å². The van der Waals surface area contributed by atoms with Crippen molar-refractivity contribution in [2.45, 2.75) is 13.3 Å². The Bertz CT molecular complexity index is 677. The summed E-state index contributed by atoms with van der Waals surface area (Å²) < 4.78 is 4.88. The Labute approximate surface area is 139 Å². The molecule has 0 aliphatic carbocycles. The highest BCUT2D eigenvalue weighted by atomic mass is 32.1. The van der Waals surface area contributed by atoms with Crippen LogP contribution in [0.25, 0.3) is 16.5 Å². The first kappa shape index (κ1) is 17.0. The predicted octanol–water partition coefficient (Wildman–Crippen LogP) is 3.50. The summed E-state index contributed by atoms with van der Waals surface area (Å²) in [6.07, 6.45) is 3.89. The van der Waals surface area contributed by atoms with Crippen molar-refractivity contribution in [3.05, 3.63) is 53.4 Å². The van der Waals surface area contributed by atoms with Gasteiger partial charge in [-0.05, 0) is 30.2 Å². The van der Waals surface area contributed by atoms with Gasteiger partial charge in [-0.2, -0.15) is 0 Å². The molecular formula is C18H19NO3S. The maximum absolute atomic E-state index is 11.6. The van der Waals surface area contributed by atoms with Crippen LogP contribution in [0, 0.1) is 0 Å². The molecule has 0 spiro atoms. The molecule has 0 fully saturated rings. The molecule has 5 heteroatoms. The number of hydrogen-bond acceptors (Lipinski definition) is 4. The summed E-state index contributed by atoms with van der Waals surface area (Å²) in [4.78, 5) is 25.0. The first-order valence-electron chi connectivity index (χ1n) is 7.46. The van der Waals surface area contributed by atoms with E-state index >= 15 is 0 Å². The number of carbonyl (C=O) groups excluding carboxylic acids is 2. The molecule has 23 heavy (non-hydrogen) atoms. The number of amides is 1. The Morgan fingerprint density at radius 3 is 2.70 bits per heavy atom. The number of esters is 1. The molecule has 120 valence electrons. The van der Waals surface area contributed by atoms with E-state index in [0.717, 1.165) is 21.7 Å². The van der Waals surface area contributed by atoms with Crippen LogP contribution in [0.2, 0.25) is 0 Å². The van der Waals surface area contributed by atoms with E-state index in [0.29, 0.717) is 6.54 Å². The maximum atomic E-state index is 11.6. The summed E-state index contributed by atoms with van der Waals surface area (Å²) in [5.41, 5.74) is 1.15. The monoisotopic (exact) mass is 329 g/mol. The molecule has 1 N–H and O–H groups in total. The molecule has 0 radical (unpaired) electrons. The molecule has 0 saturated carbocycles. The van der Waals surface area contributed by atoms with Gasteiger partial charge in [0.15, 0.2) is 6.61 Å². The summed E-state index contributed by atoms with van der Waals surface area (Å²) in [6, 6.07) is 14.0. The van der Waals surface area contributed by atoms with Crippen LogP contribution in [0.1, 0.15) is 18.2 Å². The Morgan fingerprint density at radius 1 is 1.17 bits per heavy atom. The van der Waals surface area contributed by atoms with Gasteiger partial charge in [0, 0.05) is 22.4 Å². The van der Waals surface area contributed by atoms with Gasteiger partial charge < -0.3 is 10.1 Å². The highest BCUT2D eigenvalue weighted by molar-refractivity contribution is 7.16. The molecule has 0 saturated heterocycles. The summed E-state index contributed by atoms with van der Waals surface area (Å²) in [7, 11) is 0. The summed E-state index contributed by atoms with van der Waals surface area (Å²) in [5.74, 6) is -0.803. The zero-order chi connectivity index (χ0) is 16.5. The van der Waals surface area contributed by atoms with Crippen LogP contribution in [-0.2, 0) is 14.3 Å². The lowest BCUT2D eigenvalue weighted by molar-refractivity contribution is -0.143. The number of carbonyl (C=O) groups is 2. The second-order valence-electron chi connectivity index (χ2n) is 4.86. The molecule has 1 amide bonds. The number of hydrogen-bond donors (Lipinski definition) is 1. The fourth-order valence-corrected chi connectivity index (χ4v) is 2.77. The second-order valence-corrected chi connectivity index (χ2v) is 5.97. The molecule has 4 nitrogen and oxygen atoms in total. The van der Waals surface area contributed by atoms with E-state index < -0.39 is 5.97 Å². The van der Waals surface area contributed by atoms with Gasteiger partial charge in [0.2, 0.25) is 0 Å². The SMILES string of the molecule is CCCNC(=O)COC(=O)/C=C/c1ccc(-c2ccccc2)s1. The second kappa shape index (κ2) is 8.90. The zero-order valence-electron chi connectivity index (χ0n) is 13.0. The third kappa shape index (κ3) is 5.71. The minimum absolute atomic E-state index is 0.247. The van der Waals surface area contributed by atoms with Gasteiger partial charge >= 0.3 is 5.97 Å². The van der Waals surface area contributed by atoms with Gasteiger partial charge in [-0.15, -0.1) is 11.3 Å². The van der Waals surface area contributed by atoms with Crippen molar-refractivity contribution in [3.63, 3.8) is 0 Å². The zero-order valence-corrected chi connectivity index (χ0v) is 13.8. The highest BCUT2D eigenvalue weighted by Gasteiger charge is 2.04. The molecular weight excluding hydrogens is 310 g/mol. The van der Waals surface area contributed by atoms with Crippen molar-refractivity contribution >= 4 is 29.3 Å². The van der Waals surface area contributed by atoms with Gasteiger partial charge in [-0.25, -0.2) is 4.79 Å². The van der Waals surface area contributed by atoms with E-state index in [9.17, 15) is 9.59 Å². The number of ether oxygens (including phenoxy) is 1. The Hall–Kier alpha value is -2.40. The van der Waals surface area contributed by atoms with Gasteiger partial charge in [-0.1, -0.05) is 37.3 Å². The Morgan fingerprint density at radius 2 is 1.96 bits per heavy atom. The molecule has 0 aliphatic heterocycles. The number of benzene rings is 1. The van der Waals surface area contributed by atoms with Crippen molar-refractivity contribution in [2.24, 2.45) is 0 Å². The average Bonchev–Trinajstić information content (AvgIpc) is 3.06. The average molecular weight is 329 g/mol. The van der Waals surface area contributed by atoms with E-state index in [1.807, 2.05) is 49.4 Å². The quantitative estimate of drug-likeness (QED) is 0.625. The van der Waals surface area contributed by atoms with E-state index in [1.54, 1.807) is 17.4 Å². The molecule has 2 rings (SSSR count). The van der Waals surface area contributed by atoms with E-state index in [1.165, 1.54) is 6.08 Å². The van der Waals surface area contributed by atoms with Crippen molar-refractivity contribution < 1.29 is 14.3 Å². The lowest BCUT2D eigenvalue weighted by Crippen LogP contribution is -2.28. The molecule has 1 heterocycles. The molecule has 0 aliphatic rings. The first-order chi connectivity index (χ1) is 11.2. The number of thiophene rings is 1. The Kier molecular flexibility index (Phi) is 6.56. The van der Waals surface area contributed by atoms with Crippen LogP contribution in [0.15, 0.2) is 48.5 Å². The highest BCUT2D eigenvalue weighted by Crippen LogP contribution is 2.28. The Balaban J connectivity index is 1.85. The first-order valence-corrected chi connectivity index (χ1v) is 8.27. The van der Waals surface area contributed by atoms with Crippen LogP contribution < -0.4 is 5.32 Å². The lowest BCUT2D eigenvalue weighted by atomic mass is 10.2. The standard InChI is InChI=1S/C18H19NO3S/c1-2-12-19-17(20)13-22-18(21)11-9-15-8-10-16(23-15)14-6-4-3-5-7-14/h3-11H,2,12-13H2,1H3,(H,19,20)/b11-9+. The smallest absolute Gasteiger partial charge is 0.331 e. The van der Waals surface area contributed by atoms with Crippen LogP contribution in [0.5, 0.6) is 0 Å². The molecule has 0 unspecified atom stereocenters. The minimum atomic E-state index is -0.522. The van der Waals surface area contributed by atoms with E-state index in [2.05, 4.69) is 5.32 Å². The van der Waals surface area contributed by atoms with Crippen LogP contribution in [-0.4, -0.2) is 25.0 Å². The molecule has 0 atom stereocenters. The number of nitrogens with one attached hydrogen (secondary N) is 1. The lowest BCUT2D eigenvalue weighted by Gasteiger charge is -2.02. The molecule has 1 aromatic carbocycles. The maximum Gasteiger partial charge on any atom is 0.331 e. The van der Waals surface area contributed by atoms with Gasteiger partial charge in [0.1, 0.15) is 0 Å². The topological polar surface area (TPSA) is 55.4 Å². The van der Waals surface area contributed by atoms with Gasteiger partial charge in [-0.3, -0.25) is 4.79 Å². The fraction of sp³-hybridized carbons (Fsp3) is 0.222. The van der Waals surface area contributed by atoms with Crippen molar-refractivity contribution in [1.29, 1.82) is 0 Å². The van der Waals surface area contributed by atoms with Crippen LogP contribution in [0.4, 0.5) is 0 Å². The number of rotatable bonds is 7. The third-order valence-corrected chi connectivity index (χ3v) is 4.09. The van der Waals surface area contributed by atoms with Crippen molar-refractivity contribution in [2.75, 3.05) is 13.2 Å². The van der Waals surface area contributed by atoms with E-state index in [4.69, 9.17) is 4.74 Å².